The normalized spacial score (nSPS) is 14.9. The van der Waals surface area contributed by atoms with Gasteiger partial charge in [0, 0.05) is 102 Å². The third kappa shape index (κ3) is 14.6. The summed E-state index contributed by atoms with van der Waals surface area (Å²) in [6, 6.07) is 33.0. The molecule has 7 heteroatoms. The number of hydrogen-bond acceptors (Lipinski definition) is 7. The van der Waals surface area contributed by atoms with E-state index >= 15 is 0 Å². The van der Waals surface area contributed by atoms with Crippen LogP contribution in [0.4, 0.5) is 0 Å². The Morgan fingerprint density at radius 2 is 0.333 bits per heavy atom. The van der Waals surface area contributed by atoms with Gasteiger partial charge in [-0.3, -0.25) is 0 Å². The Morgan fingerprint density at radius 3 is 0.479 bits per heavy atom. The predicted octanol–water partition coefficient (Wildman–Crippen LogP) is 24.3. The van der Waals surface area contributed by atoms with Crippen LogP contribution in [0.2, 0.25) is 0 Å². The van der Waals surface area contributed by atoms with Gasteiger partial charge in [0.15, 0.2) is 0 Å². The first-order valence-electron chi connectivity index (χ1n) is 36.4. The van der Waals surface area contributed by atoms with Crippen molar-refractivity contribution >= 4 is 0 Å². The summed E-state index contributed by atoms with van der Waals surface area (Å²) in [4.78, 5) is 0. The van der Waals surface area contributed by atoms with E-state index in [1.54, 1.807) is 12.1 Å². The van der Waals surface area contributed by atoms with Gasteiger partial charge in [0.05, 0.1) is 0 Å². The van der Waals surface area contributed by atoms with Crippen LogP contribution in [-0.2, 0) is 37.9 Å². The van der Waals surface area contributed by atoms with Crippen LogP contribution in [0.25, 0.3) is 0 Å². The number of phenolic OH excluding ortho intramolecular Hbond substituents is 7. The van der Waals surface area contributed by atoms with E-state index in [9.17, 15) is 35.7 Å². The van der Waals surface area contributed by atoms with Crippen LogP contribution >= 0.6 is 0 Å². The van der Waals surface area contributed by atoms with Gasteiger partial charge in [0.25, 0.3) is 0 Å². The van der Waals surface area contributed by atoms with Gasteiger partial charge in [-0.15, -0.1) is 0 Å². The predicted molar refractivity (Wildman–Crippen MR) is 405 cm³/mol. The molecule has 6 unspecified atom stereocenters. The fourth-order valence-electron chi connectivity index (χ4n) is 13.7. The maximum atomic E-state index is 13.4. The van der Waals surface area contributed by atoms with Crippen molar-refractivity contribution in [2.24, 2.45) is 0 Å². The van der Waals surface area contributed by atoms with Crippen molar-refractivity contribution in [1.29, 1.82) is 0 Å². The lowest BCUT2D eigenvalue weighted by atomic mass is 9.73. The minimum atomic E-state index is -0.546. The largest absolute Gasteiger partial charge is 0.508 e. The van der Waals surface area contributed by atoms with Gasteiger partial charge in [0.2, 0.25) is 0 Å². The fourth-order valence-corrected chi connectivity index (χ4v) is 13.7. The highest BCUT2D eigenvalue weighted by Gasteiger charge is 2.37. The Hall–Kier alpha value is -6.86. The summed E-state index contributed by atoms with van der Waals surface area (Å²) in [5.74, 6) is -1.92. The molecule has 96 heavy (non-hydrogen) atoms. The van der Waals surface area contributed by atoms with Crippen LogP contribution in [0.5, 0.6) is 40.2 Å². The molecule has 0 saturated heterocycles. The molecule has 0 amide bonds. The SMILES string of the molecule is CCC(C)(C)c1ccc(O)c(C(C)c2cc(C(C)(C)CC)cc(C(C)c3cc(C(C)(C)CC)cc(C(C)c4cc(C(C)(C)CC)cc(C(C)c5cc(C(C)(C)CC)cc(C(C)c6cc(C(C)(C)CC)cc(C(C)c7cc(C(C)(C)CC)ccc7O)c6O)c5O)c4O)c3O)c2O)c1. The van der Waals surface area contributed by atoms with E-state index in [1.807, 2.05) is 12.1 Å². The number of aromatic hydroxyl groups is 7. The molecule has 7 aromatic rings. The highest BCUT2D eigenvalue weighted by molar-refractivity contribution is 5.64. The zero-order chi connectivity index (χ0) is 72.2. The third-order valence-electron chi connectivity index (χ3n) is 25.2. The lowest BCUT2D eigenvalue weighted by Crippen LogP contribution is -2.20. The molecule has 0 radical (unpaired) electrons. The second-order valence-electron chi connectivity index (χ2n) is 33.6. The van der Waals surface area contributed by atoms with Crippen molar-refractivity contribution in [2.75, 3.05) is 0 Å². The van der Waals surface area contributed by atoms with E-state index in [1.165, 1.54) is 0 Å². The van der Waals surface area contributed by atoms with E-state index < -0.39 is 23.7 Å². The number of rotatable bonds is 26. The van der Waals surface area contributed by atoms with E-state index in [0.29, 0.717) is 55.6 Å². The number of hydrogen-bond donors (Lipinski definition) is 7. The van der Waals surface area contributed by atoms with Crippen molar-refractivity contribution in [2.45, 2.75) is 305 Å². The van der Waals surface area contributed by atoms with Crippen molar-refractivity contribution < 1.29 is 35.7 Å². The van der Waals surface area contributed by atoms with E-state index in [0.717, 1.165) is 95.0 Å². The number of benzene rings is 7. The molecular weight excluding hydrogens is 1180 g/mol. The van der Waals surface area contributed by atoms with Crippen LogP contribution in [-0.4, -0.2) is 35.7 Å². The van der Waals surface area contributed by atoms with Crippen molar-refractivity contribution in [3.05, 3.63) is 203 Å². The molecule has 7 N–H and O–H groups in total. The minimum Gasteiger partial charge on any atom is -0.508 e. The summed E-state index contributed by atoms with van der Waals surface area (Å²) in [5.41, 5.74) is 13.9. The monoisotopic (exact) mass is 1300 g/mol. The summed E-state index contributed by atoms with van der Waals surface area (Å²) in [5, 5.41) is 88.8. The van der Waals surface area contributed by atoms with Gasteiger partial charge in [-0.25, -0.2) is 0 Å². The number of phenols is 7. The van der Waals surface area contributed by atoms with Crippen LogP contribution < -0.4 is 0 Å². The van der Waals surface area contributed by atoms with Crippen molar-refractivity contribution in [1.82, 2.24) is 0 Å². The average Bonchev–Trinajstić information content (AvgIpc) is 0.759. The van der Waals surface area contributed by atoms with Crippen LogP contribution in [0.3, 0.4) is 0 Å². The topological polar surface area (TPSA) is 142 Å². The molecule has 0 heterocycles. The summed E-state index contributed by atoms with van der Waals surface area (Å²) < 4.78 is 0. The Labute approximate surface area is 580 Å². The molecule has 7 nitrogen and oxygen atoms in total. The summed E-state index contributed by atoms with van der Waals surface area (Å²) in [7, 11) is 0. The lowest BCUT2D eigenvalue weighted by molar-refractivity contribution is 0.436. The average molecular weight is 1310 g/mol. The second-order valence-corrected chi connectivity index (χ2v) is 33.6. The summed E-state index contributed by atoms with van der Waals surface area (Å²) in [6.45, 7) is 58.8. The van der Waals surface area contributed by atoms with Gasteiger partial charge in [-0.05, 0) is 134 Å². The molecular formula is C89H124O7. The summed E-state index contributed by atoms with van der Waals surface area (Å²) in [6.07, 6.45) is 5.96. The van der Waals surface area contributed by atoms with Gasteiger partial charge in [0.1, 0.15) is 40.2 Å². The smallest absolute Gasteiger partial charge is 0.123 e. The molecule has 0 aromatic heterocycles. The molecule has 0 aliphatic heterocycles. The fraction of sp³-hybridized carbons (Fsp3) is 0.528. The third-order valence-corrected chi connectivity index (χ3v) is 25.2. The molecule has 0 aliphatic carbocycles. The van der Waals surface area contributed by atoms with Crippen LogP contribution in [0, 0.1) is 0 Å². The van der Waals surface area contributed by atoms with Gasteiger partial charge >= 0.3 is 0 Å². The lowest BCUT2D eigenvalue weighted by Gasteiger charge is -2.32. The van der Waals surface area contributed by atoms with Gasteiger partial charge in [-0.1, -0.05) is 272 Å². The molecule has 522 valence electrons. The van der Waals surface area contributed by atoms with E-state index in [2.05, 4.69) is 260 Å². The zero-order valence-electron chi connectivity index (χ0n) is 64.3. The van der Waals surface area contributed by atoms with E-state index in [4.69, 9.17) is 0 Å². The summed E-state index contributed by atoms with van der Waals surface area (Å²) >= 11 is 0. The van der Waals surface area contributed by atoms with Crippen molar-refractivity contribution in [3.63, 3.8) is 0 Å². The first-order chi connectivity index (χ1) is 44.4. The van der Waals surface area contributed by atoms with Gasteiger partial charge < -0.3 is 35.7 Å². The van der Waals surface area contributed by atoms with Crippen LogP contribution in [0.1, 0.15) is 373 Å². The molecule has 0 fully saturated rings. The van der Waals surface area contributed by atoms with E-state index in [-0.39, 0.29) is 90.0 Å². The molecule has 0 bridgehead atoms. The molecule has 0 aliphatic rings. The first kappa shape index (κ1) is 76.5. The van der Waals surface area contributed by atoms with Gasteiger partial charge in [-0.2, -0.15) is 0 Å². The molecule has 6 atom stereocenters. The molecule has 7 aromatic carbocycles. The first-order valence-corrected chi connectivity index (χ1v) is 36.4. The standard InChI is InChI=1S/C89H124O7/c1-28-83(14,15)57-35-37-76(90)64(39-57)51(8)66-41-59(85(18,19)30-3)43-68(78(66)92)53(10)70-45-61(87(22,23)32-5)47-72(80(70)94)55(12)74-49-63(89(26,27)34-7)50-75(82(74)96)56(13)73-48-62(88(24,25)33-6)46-71(81(73)95)54(11)69-44-60(86(20,21)31-4)42-67(79(69)93)52(9)65-40-58(36-38-77(65)91)84(16,17)29-2/h35-56,90-96H,28-34H2,1-27H3. The Balaban J connectivity index is 1.46. The van der Waals surface area contributed by atoms with Crippen LogP contribution in [0.15, 0.2) is 97.1 Å². The Bertz CT molecular complexity index is 3710. The Kier molecular flexibility index (Phi) is 22.4. The zero-order valence-corrected chi connectivity index (χ0v) is 64.3. The highest BCUT2D eigenvalue weighted by Crippen LogP contribution is 2.54. The molecule has 0 saturated carbocycles. The maximum absolute atomic E-state index is 13.4. The molecule has 0 spiro atoms. The second kappa shape index (κ2) is 28.2. The quantitative estimate of drug-likeness (QED) is 0.0286. The Morgan fingerprint density at radius 1 is 0.208 bits per heavy atom. The minimum absolute atomic E-state index is 0.0924. The van der Waals surface area contributed by atoms with Crippen molar-refractivity contribution in [3.8, 4) is 40.2 Å². The maximum Gasteiger partial charge on any atom is 0.123 e. The highest BCUT2D eigenvalue weighted by atomic mass is 16.3. The molecule has 7 rings (SSSR count).